The van der Waals surface area contributed by atoms with Gasteiger partial charge in [-0.2, -0.15) is 0 Å². The maximum absolute atomic E-state index is 12.5. The standard InChI is InChI=1S/C21H22N2O6/c1-28-16-7-3-14(4-8-16)13-18(21(27)22-12-11-19(24)25)23-20(26)15-5-9-17(29-2)10-6-15/h3-10,13H,11-12H2,1-2H3,(H,22,27)(H,23,26)(H,24,25). The van der Waals surface area contributed by atoms with Crippen LogP contribution in [0.4, 0.5) is 0 Å². The van der Waals surface area contributed by atoms with E-state index < -0.39 is 17.8 Å². The lowest BCUT2D eigenvalue weighted by atomic mass is 10.1. The van der Waals surface area contributed by atoms with Crippen LogP contribution in [0.5, 0.6) is 11.5 Å². The monoisotopic (exact) mass is 398 g/mol. The smallest absolute Gasteiger partial charge is 0.305 e. The molecule has 2 rings (SSSR count). The molecule has 29 heavy (non-hydrogen) atoms. The summed E-state index contributed by atoms with van der Waals surface area (Å²) in [4.78, 5) is 35.7. The molecule has 2 aromatic carbocycles. The van der Waals surface area contributed by atoms with E-state index in [0.29, 0.717) is 22.6 Å². The van der Waals surface area contributed by atoms with Gasteiger partial charge in [0.1, 0.15) is 17.2 Å². The Kier molecular flexibility index (Phi) is 7.78. The first-order valence-corrected chi connectivity index (χ1v) is 8.74. The summed E-state index contributed by atoms with van der Waals surface area (Å²) in [7, 11) is 3.06. The summed E-state index contributed by atoms with van der Waals surface area (Å²) in [6, 6.07) is 13.3. The number of amides is 2. The van der Waals surface area contributed by atoms with Crippen LogP contribution in [0.15, 0.2) is 54.2 Å². The third kappa shape index (κ3) is 6.69. The largest absolute Gasteiger partial charge is 0.497 e. The quantitative estimate of drug-likeness (QED) is 0.557. The number of carbonyl (C=O) groups is 3. The van der Waals surface area contributed by atoms with E-state index in [4.69, 9.17) is 14.6 Å². The fourth-order valence-electron chi connectivity index (χ4n) is 2.34. The van der Waals surface area contributed by atoms with Gasteiger partial charge in [0.05, 0.1) is 20.6 Å². The molecule has 2 aromatic rings. The third-order valence-electron chi connectivity index (χ3n) is 3.90. The number of benzene rings is 2. The Bertz CT molecular complexity index is 888. The van der Waals surface area contributed by atoms with Crippen molar-refractivity contribution in [2.75, 3.05) is 20.8 Å². The lowest BCUT2D eigenvalue weighted by molar-refractivity contribution is -0.136. The number of hydrogen-bond donors (Lipinski definition) is 3. The minimum atomic E-state index is -1.03. The Hall–Kier alpha value is -3.81. The highest BCUT2D eigenvalue weighted by Gasteiger charge is 2.15. The zero-order valence-corrected chi connectivity index (χ0v) is 16.1. The van der Waals surface area contributed by atoms with Crippen LogP contribution >= 0.6 is 0 Å². The molecule has 0 aliphatic carbocycles. The van der Waals surface area contributed by atoms with E-state index in [2.05, 4.69) is 10.6 Å². The van der Waals surface area contributed by atoms with Gasteiger partial charge in [0.2, 0.25) is 0 Å². The maximum atomic E-state index is 12.5. The summed E-state index contributed by atoms with van der Waals surface area (Å²) in [6.45, 7) is -0.0630. The van der Waals surface area contributed by atoms with Crippen molar-refractivity contribution in [1.82, 2.24) is 10.6 Å². The van der Waals surface area contributed by atoms with Gasteiger partial charge in [0.25, 0.3) is 11.8 Å². The summed E-state index contributed by atoms with van der Waals surface area (Å²) in [5.41, 5.74) is 0.982. The molecule has 0 saturated carbocycles. The molecule has 0 unspecified atom stereocenters. The number of methoxy groups -OCH3 is 2. The molecule has 152 valence electrons. The summed E-state index contributed by atoms with van der Waals surface area (Å²) in [5.74, 6) is -0.864. The number of nitrogens with one attached hydrogen (secondary N) is 2. The van der Waals surface area contributed by atoms with Crippen LogP contribution in [0.25, 0.3) is 6.08 Å². The fraction of sp³-hybridized carbons (Fsp3) is 0.190. The predicted molar refractivity (Wildman–Crippen MR) is 107 cm³/mol. The molecule has 0 aromatic heterocycles. The van der Waals surface area contributed by atoms with Gasteiger partial charge in [0, 0.05) is 12.1 Å². The molecule has 3 N–H and O–H groups in total. The molecule has 8 nitrogen and oxygen atoms in total. The normalized spacial score (nSPS) is 10.8. The van der Waals surface area contributed by atoms with Crippen molar-refractivity contribution in [2.24, 2.45) is 0 Å². The van der Waals surface area contributed by atoms with Crippen LogP contribution in [0.2, 0.25) is 0 Å². The average molecular weight is 398 g/mol. The highest BCUT2D eigenvalue weighted by Crippen LogP contribution is 2.15. The SMILES string of the molecule is COc1ccc(C=C(NC(=O)c2ccc(OC)cc2)C(=O)NCCC(=O)O)cc1. The van der Waals surface area contributed by atoms with Crippen molar-refractivity contribution in [1.29, 1.82) is 0 Å². The van der Waals surface area contributed by atoms with Crippen LogP contribution in [0.1, 0.15) is 22.3 Å². The molecule has 0 atom stereocenters. The van der Waals surface area contributed by atoms with E-state index in [-0.39, 0.29) is 18.7 Å². The summed E-state index contributed by atoms with van der Waals surface area (Å²) in [5, 5.41) is 13.8. The molecule has 0 bridgehead atoms. The fourth-order valence-corrected chi connectivity index (χ4v) is 2.34. The van der Waals surface area contributed by atoms with Crippen molar-refractivity contribution >= 4 is 23.9 Å². The van der Waals surface area contributed by atoms with Gasteiger partial charge in [-0.05, 0) is 48.0 Å². The molecular formula is C21H22N2O6. The third-order valence-corrected chi connectivity index (χ3v) is 3.90. The molecule has 0 heterocycles. The second kappa shape index (κ2) is 10.5. The number of carboxylic acids is 1. The molecule has 0 aliphatic rings. The van der Waals surface area contributed by atoms with Crippen LogP contribution in [0.3, 0.4) is 0 Å². The first-order chi connectivity index (χ1) is 13.9. The van der Waals surface area contributed by atoms with Gasteiger partial charge in [-0.1, -0.05) is 12.1 Å². The summed E-state index contributed by atoms with van der Waals surface area (Å²) >= 11 is 0. The lowest BCUT2D eigenvalue weighted by Gasteiger charge is -2.11. The summed E-state index contributed by atoms with van der Waals surface area (Å²) < 4.78 is 10.2. The van der Waals surface area contributed by atoms with Gasteiger partial charge in [-0.25, -0.2) is 0 Å². The zero-order chi connectivity index (χ0) is 21.2. The van der Waals surface area contributed by atoms with E-state index in [1.165, 1.54) is 13.2 Å². The highest BCUT2D eigenvalue weighted by atomic mass is 16.5. The second-order valence-corrected chi connectivity index (χ2v) is 5.91. The van der Waals surface area contributed by atoms with Gasteiger partial charge >= 0.3 is 5.97 Å². The van der Waals surface area contributed by atoms with Crippen molar-refractivity contribution in [3.63, 3.8) is 0 Å². The lowest BCUT2D eigenvalue weighted by Crippen LogP contribution is -2.35. The minimum Gasteiger partial charge on any atom is -0.497 e. The van der Waals surface area contributed by atoms with Gasteiger partial charge < -0.3 is 25.2 Å². The second-order valence-electron chi connectivity index (χ2n) is 5.91. The number of aliphatic carboxylic acids is 1. The molecular weight excluding hydrogens is 376 g/mol. The number of carbonyl (C=O) groups excluding carboxylic acids is 2. The van der Waals surface area contributed by atoms with Crippen molar-refractivity contribution in [3.8, 4) is 11.5 Å². The number of carboxylic acid groups (broad SMARTS) is 1. The zero-order valence-electron chi connectivity index (χ0n) is 16.1. The van der Waals surface area contributed by atoms with Crippen molar-refractivity contribution in [2.45, 2.75) is 6.42 Å². The highest BCUT2D eigenvalue weighted by molar-refractivity contribution is 6.05. The first kappa shape index (κ1) is 21.5. The molecule has 0 spiro atoms. The Morgan fingerprint density at radius 3 is 2.00 bits per heavy atom. The minimum absolute atomic E-state index is 0.0126. The molecule has 0 fully saturated rings. The Labute approximate surface area is 168 Å². The Morgan fingerprint density at radius 1 is 0.931 bits per heavy atom. The topological polar surface area (TPSA) is 114 Å². The van der Waals surface area contributed by atoms with E-state index >= 15 is 0 Å². The Balaban J connectivity index is 2.21. The van der Waals surface area contributed by atoms with Crippen LogP contribution < -0.4 is 20.1 Å². The Morgan fingerprint density at radius 2 is 1.48 bits per heavy atom. The first-order valence-electron chi connectivity index (χ1n) is 8.74. The molecule has 0 aliphatic heterocycles. The van der Waals surface area contributed by atoms with Crippen molar-refractivity contribution < 1.29 is 29.0 Å². The van der Waals surface area contributed by atoms with Crippen LogP contribution in [0, 0.1) is 0 Å². The predicted octanol–water partition coefficient (Wildman–Crippen LogP) is 2.07. The maximum Gasteiger partial charge on any atom is 0.305 e. The van der Waals surface area contributed by atoms with E-state index in [1.807, 2.05) is 0 Å². The van der Waals surface area contributed by atoms with Gasteiger partial charge in [0.15, 0.2) is 0 Å². The van der Waals surface area contributed by atoms with E-state index in [1.54, 1.807) is 55.6 Å². The number of hydrogen-bond acceptors (Lipinski definition) is 5. The molecule has 0 radical (unpaired) electrons. The van der Waals surface area contributed by atoms with Gasteiger partial charge in [-0.15, -0.1) is 0 Å². The summed E-state index contributed by atoms with van der Waals surface area (Å²) in [6.07, 6.45) is 1.27. The van der Waals surface area contributed by atoms with E-state index in [9.17, 15) is 14.4 Å². The molecule has 0 saturated heterocycles. The number of ether oxygens (including phenoxy) is 2. The van der Waals surface area contributed by atoms with E-state index in [0.717, 1.165) is 0 Å². The van der Waals surface area contributed by atoms with Crippen molar-refractivity contribution in [3.05, 3.63) is 65.4 Å². The van der Waals surface area contributed by atoms with Crippen LogP contribution in [-0.2, 0) is 9.59 Å². The molecule has 2 amide bonds. The number of rotatable bonds is 9. The molecule has 8 heteroatoms. The average Bonchev–Trinajstić information content (AvgIpc) is 2.73. The van der Waals surface area contributed by atoms with Crippen LogP contribution in [-0.4, -0.2) is 43.7 Å². The van der Waals surface area contributed by atoms with Gasteiger partial charge in [-0.3, -0.25) is 14.4 Å².